The quantitative estimate of drug-likeness (QED) is 0.911. The first-order valence-corrected chi connectivity index (χ1v) is 7.69. The summed E-state index contributed by atoms with van der Waals surface area (Å²) in [5.74, 6) is 2.81. The molecule has 6 nitrogen and oxygen atoms in total. The van der Waals surface area contributed by atoms with Crippen molar-refractivity contribution in [3.63, 3.8) is 0 Å². The van der Waals surface area contributed by atoms with Crippen LogP contribution in [0, 0.1) is 0 Å². The van der Waals surface area contributed by atoms with Gasteiger partial charge in [-0.1, -0.05) is 19.0 Å². The van der Waals surface area contributed by atoms with E-state index in [9.17, 15) is 0 Å². The second kappa shape index (κ2) is 6.41. The lowest BCUT2D eigenvalue weighted by atomic mass is 10.1. The Balaban J connectivity index is 1.78. The predicted octanol–water partition coefficient (Wildman–Crippen LogP) is 2.25. The smallest absolute Gasteiger partial charge is 0.293 e. The molecule has 1 unspecified atom stereocenters. The van der Waals surface area contributed by atoms with E-state index in [1.807, 2.05) is 12.1 Å². The highest BCUT2D eigenvalue weighted by Crippen LogP contribution is 2.26. The number of aromatic nitrogens is 2. The van der Waals surface area contributed by atoms with Crippen LogP contribution in [0.25, 0.3) is 11.7 Å². The first kappa shape index (κ1) is 14.3. The van der Waals surface area contributed by atoms with E-state index < -0.39 is 0 Å². The van der Waals surface area contributed by atoms with Crippen LogP contribution in [0.1, 0.15) is 37.9 Å². The van der Waals surface area contributed by atoms with Gasteiger partial charge in [0.05, 0.1) is 6.04 Å². The summed E-state index contributed by atoms with van der Waals surface area (Å²) >= 11 is 0. The molecule has 3 rings (SSSR count). The van der Waals surface area contributed by atoms with Crippen molar-refractivity contribution < 1.29 is 8.94 Å². The standard InChI is InChI=1S/C15H22N4O2/c1-3-11-5-6-13(20-11)15-17-14(18-21-15)12(4-2)19-9-7-16-8-10-19/h5-6,12,16H,3-4,7-10H2,1-2H3. The maximum atomic E-state index is 5.67. The van der Waals surface area contributed by atoms with Crippen molar-refractivity contribution in [1.82, 2.24) is 20.4 Å². The molecular formula is C15H22N4O2. The monoisotopic (exact) mass is 290 g/mol. The van der Waals surface area contributed by atoms with Crippen molar-refractivity contribution in [2.45, 2.75) is 32.7 Å². The summed E-state index contributed by atoms with van der Waals surface area (Å²) in [4.78, 5) is 6.95. The van der Waals surface area contributed by atoms with Gasteiger partial charge in [0.15, 0.2) is 11.6 Å². The lowest BCUT2D eigenvalue weighted by Gasteiger charge is -2.32. The van der Waals surface area contributed by atoms with Crippen LogP contribution in [0.3, 0.4) is 0 Å². The van der Waals surface area contributed by atoms with E-state index in [-0.39, 0.29) is 6.04 Å². The Hall–Kier alpha value is -1.66. The Bertz CT molecular complexity index is 572. The molecule has 0 spiro atoms. The molecule has 1 saturated heterocycles. The fraction of sp³-hybridized carbons (Fsp3) is 0.600. The van der Waals surface area contributed by atoms with Gasteiger partial charge < -0.3 is 14.3 Å². The molecule has 1 aliphatic heterocycles. The van der Waals surface area contributed by atoms with Gasteiger partial charge in [-0.2, -0.15) is 4.98 Å². The number of nitrogens with zero attached hydrogens (tertiary/aromatic N) is 3. The summed E-state index contributed by atoms with van der Waals surface area (Å²) in [6, 6.07) is 4.06. The second-order valence-corrected chi connectivity index (χ2v) is 5.29. The molecule has 0 amide bonds. The van der Waals surface area contributed by atoms with Gasteiger partial charge in [0.25, 0.3) is 5.89 Å². The van der Waals surface area contributed by atoms with Gasteiger partial charge >= 0.3 is 0 Å². The topological polar surface area (TPSA) is 67.3 Å². The molecule has 2 aromatic heterocycles. The molecule has 0 aliphatic carbocycles. The van der Waals surface area contributed by atoms with Crippen LogP contribution in [0.5, 0.6) is 0 Å². The van der Waals surface area contributed by atoms with Crippen LogP contribution in [-0.4, -0.2) is 41.2 Å². The Morgan fingerprint density at radius 1 is 1.29 bits per heavy atom. The predicted molar refractivity (Wildman–Crippen MR) is 78.9 cm³/mol. The maximum absolute atomic E-state index is 5.67. The number of hydrogen-bond donors (Lipinski definition) is 1. The minimum absolute atomic E-state index is 0.213. The van der Waals surface area contributed by atoms with Gasteiger partial charge in [-0.05, 0) is 18.6 Å². The number of nitrogens with one attached hydrogen (secondary N) is 1. The second-order valence-electron chi connectivity index (χ2n) is 5.29. The minimum Gasteiger partial charge on any atom is -0.456 e. The van der Waals surface area contributed by atoms with Crippen LogP contribution in [0.4, 0.5) is 0 Å². The van der Waals surface area contributed by atoms with Crippen molar-refractivity contribution >= 4 is 0 Å². The lowest BCUT2D eigenvalue weighted by molar-refractivity contribution is 0.160. The Kier molecular flexibility index (Phi) is 4.36. The average Bonchev–Trinajstić information content (AvgIpc) is 3.18. The van der Waals surface area contributed by atoms with Crippen molar-refractivity contribution in [1.29, 1.82) is 0 Å². The molecule has 3 heterocycles. The number of piperazine rings is 1. The fourth-order valence-corrected chi connectivity index (χ4v) is 2.75. The zero-order chi connectivity index (χ0) is 14.7. The van der Waals surface area contributed by atoms with Gasteiger partial charge in [0, 0.05) is 32.6 Å². The summed E-state index contributed by atoms with van der Waals surface area (Å²) in [5.41, 5.74) is 0. The molecule has 0 radical (unpaired) electrons. The maximum Gasteiger partial charge on any atom is 0.293 e. The number of rotatable bonds is 5. The summed E-state index contributed by atoms with van der Waals surface area (Å²) in [6.45, 7) is 8.27. The van der Waals surface area contributed by atoms with Crippen LogP contribution < -0.4 is 5.32 Å². The molecule has 1 N–H and O–H groups in total. The molecule has 1 atom stereocenters. The molecule has 21 heavy (non-hydrogen) atoms. The van der Waals surface area contributed by atoms with Gasteiger partial charge in [-0.25, -0.2) is 0 Å². The van der Waals surface area contributed by atoms with E-state index in [2.05, 4.69) is 34.2 Å². The third-order valence-corrected chi connectivity index (χ3v) is 3.94. The molecule has 0 bridgehead atoms. The van der Waals surface area contributed by atoms with Crippen molar-refractivity contribution in [2.24, 2.45) is 0 Å². The van der Waals surface area contributed by atoms with Crippen molar-refractivity contribution in [3.05, 3.63) is 23.7 Å². The molecule has 0 saturated carbocycles. The highest BCUT2D eigenvalue weighted by molar-refractivity contribution is 5.44. The lowest BCUT2D eigenvalue weighted by Crippen LogP contribution is -2.45. The van der Waals surface area contributed by atoms with Gasteiger partial charge in [0.1, 0.15) is 5.76 Å². The normalized spacial score (nSPS) is 18.0. The Morgan fingerprint density at radius 3 is 2.76 bits per heavy atom. The SMILES string of the molecule is CCc1ccc(-c2nc(C(CC)N3CCNCC3)no2)o1. The first-order chi connectivity index (χ1) is 10.3. The summed E-state index contributed by atoms with van der Waals surface area (Å²) in [7, 11) is 0. The van der Waals surface area contributed by atoms with E-state index in [1.54, 1.807) is 0 Å². The van der Waals surface area contributed by atoms with Gasteiger partial charge in [-0.15, -0.1) is 0 Å². The molecule has 1 aliphatic rings. The largest absolute Gasteiger partial charge is 0.456 e. The zero-order valence-electron chi connectivity index (χ0n) is 12.6. The molecular weight excluding hydrogens is 268 g/mol. The molecule has 1 fully saturated rings. The minimum atomic E-state index is 0.213. The van der Waals surface area contributed by atoms with E-state index in [1.165, 1.54) is 0 Å². The third kappa shape index (κ3) is 3.01. The van der Waals surface area contributed by atoms with Crippen LogP contribution in [-0.2, 0) is 6.42 Å². The highest BCUT2D eigenvalue weighted by atomic mass is 16.5. The molecule has 6 heteroatoms. The first-order valence-electron chi connectivity index (χ1n) is 7.69. The van der Waals surface area contributed by atoms with E-state index in [0.717, 1.165) is 50.6 Å². The van der Waals surface area contributed by atoms with Crippen LogP contribution in [0.15, 0.2) is 21.1 Å². The van der Waals surface area contributed by atoms with Gasteiger partial charge in [-0.3, -0.25) is 4.90 Å². The van der Waals surface area contributed by atoms with E-state index in [0.29, 0.717) is 11.7 Å². The fourth-order valence-electron chi connectivity index (χ4n) is 2.75. The average molecular weight is 290 g/mol. The highest BCUT2D eigenvalue weighted by Gasteiger charge is 2.25. The number of hydrogen-bond acceptors (Lipinski definition) is 6. The summed E-state index contributed by atoms with van der Waals surface area (Å²) in [6.07, 6.45) is 1.83. The van der Waals surface area contributed by atoms with Crippen LogP contribution >= 0.6 is 0 Å². The number of aryl methyl sites for hydroxylation is 1. The van der Waals surface area contributed by atoms with E-state index in [4.69, 9.17) is 8.94 Å². The Labute approximate surface area is 124 Å². The zero-order valence-corrected chi connectivity index (χ0v) is 12.6. The van der Waals surface area contributed by atoms with E-state index >= 15 is 0 Å². The molecule has 114 valence electrons. The summed E-state index contributed by atoms with van der Waals surface area (Å²) < 4.78 is 11.1. The number of furan rings is 1. The molecule has 2 aromatic rings. The summed E-state index contributed by atoms with van der Waals surface area (Å²) in [5, 5.41) is 7.53. The van der Waals surface area contributed by atoms with Crippen LogP contribution in [0.2, 0.25) is 0 Å². The van der Waals surface area contributed by atoms with Crippen molar-refractivity contribution in [2.75, 3.05) is 26.2 Å². The third-order valence-electron chi connectivity index (χ3n) is 3.94. The Morgan fingerprint density at radius 2 is 2.10 bits per heavy atom. The van der Waals surface area contributed by atoms with Crippen molar-refractivity contribution in [3.8, 4) is 11.7 Å². The van der Waals surface area contributed by atoms with Gasteiger partial charge in [0.2, 0.25) is 0 Å². The molecule has 0 aromatic carbocycles.